The first-order valence-electron chi connectivity index (χ1n) is 4.08. The molecule has 1 unspecified atom stereocenters. The van der Waals surface area contributed by atoms with Crippen LogP contribution in [0.1, 0.15) is 19.3 Å². The first-order valence-corrected chi connectivity index (χ1v) is 5.24. The first kappa shape index (κ1) is 6.99. The van der Waals surface area contributed by atoms with Crippen LogP contribution in [0.5, 0.6) is 0 Å². The molecule has 1 nitrogen and oxygen atoms in total. The highest BCUT2D eigenvalue weighted by Crippen LogP contribution is 2.33. The van der Waals surface area contributed by atoms with Crippen molar-refractivity contribution < 1.29 is 0 Å². The van der Waals surface area contributed by atoms with Crippen LogP contribution < -0.4 is 5.32 Å². The van der Waals surface area contributed by atoms with Crippen molar-refractivity contribution in [2.24, 2.45) is 0 Å². The van der Waals surface area contributed by atoms with E-state index < -0.39 is 0 Å². The first-order chi connectivity index (χ1) is 4.91. The molecule has 1 saturated heterocycles. The lowest BCUT2D eigenvalue weighted by Crippen LogP contribution is -2.49. The molecule has 0 aromatic carbocycles. The highest BCUT2D eigenvalue weighted by molar-refractivity contribution is 7.99. The average molecular weight is 156 g/mol. The number of thioether (sulfide) groups is 1. The van der Waals surface area contributed by atoms with Crippen molar-refractivity contribution in [2.45, 2.75) is 24.8 Å². The van der Waals surface area contributed by atoms with Crippen LogP contribution in [-0.2, 0) is 0 Å². The van der Waals surface area contributed by atoms with Crippen LogP contribution >= 0.6 is 11.8 Å². The van der Waals surface area contributed by atoms with Gasteiger partial charge in [-0.2, -0.15) is 11.8 Å². The standard InChI is InChI=1S/C8H14NS/c1-2-4-8(3-1)7-10-6-5-9-8/h3,9H,1-2,4-7H2. The van der Waals surface area contributed by atoms with E-state index in [4.69, 9.17) is 0 Å². The highest BCUT2D eigenvalue weighted by Gasteiger charge is 2.34. The normalized spacial score (nSPS) is 31.2. The van der Waals surface area contributed by atoms with Crippen molar-refractivity contribution in [1.29, 1.82) is 0 Å². The van der Waals surface area contributed by atoms with Crippen LogP contribution in [-0.4, -0.2) is 23.6 Å². The summed E-state index contributed by atoms with van der Waals surface area (Å²) in [6, 6.07) is 0. The average Bonchev–Trinajstić information content (AvgIpc) is 2.39. The Kier molecular flexibility index (Phi) is 1.92. The van der Waals surface area contributed by atoms with Crippen molar-refractivity contribution in [3.05, 3.63) is 6.42 Å². The molecule has 1 aliphatic carbocycles. The molecule has 10 heavy (non-hydrogen) atoms. The van der Waals surface area contributed by atoms with Gasteiger partial charge in [-0.1, -0.05) is 6.42 Å². The minimum Gasteiger partial charge on any atom is -0.309 e. The fourth-order valence-electron chi connectivity index (χ4n) is 1.87. The SMILES string of the molecule is [CH]1CCCC12CSCCN2. The van der Waals surface area contributed by atoms with Gasteiger partial charge in [0.1, 0.15) is 0 Å². The molecule has 0 bridgehead atoms. The van der Waals surface area contributed by atoms with E-state index in [0.29, 0.717) is 5.54 Å². The molecule has 0 aromatic heterocycles. The number of hydrogen-bond acceptors (Lipinski definition) is 2. The van der Waals surface area contributed by atoms with Gasteiger partial charge in [-0.25, -0.2) is 0 Å². The van der Waals surface area contributed by atoms with Gasteiger partial charge >= 0.3 is 0 Å². The second kappa shape index (κ2) is 2.74. The Bertz CT molecular complexity index is 110. The van der Waals surface area contributed by atoms with Crippen molar-refractivity contribution in [3.63, 3.8) is 0 Å². The molecule has 1 N–H and O–H groups in total. The fourth-order valence-corrected chi connectivity index (χ4v) is 2.99. The Morgan fingerprint density at radius 2 is 2.50 bits per heavy atom. The summed E-state index contributed by atoms with van der Waals surface area (Å²) < 4.78 is 0. The van der Waals surface area contributed by atoms with Gasteiger partial charge in [0.2, 0.25) is 0 Å². The van der Waals surface area contributed by atoms with Gasteiger partial charge in [-0.15, -0.1) is 0 Å². The zero-order valence-electron chi connectivity index (χ0n) is 6.23. The maximum absolute atomic E-state index is 3.62. The minimum atomic E-state index is 0.461. The third kappa shape index (κ3) is 1.19. The van der Waals surface area contributed by atoms with E-state index in [2.05, 4.69) is 23.5 Å². The molecule has 2 aliphatic rings. The molecular formula is C8H14NS. The van der Waals surface area contributed by atoms with E-state index in [1.807, 2.05) is 0 Å². The Labute approximate surface area is 67.0 Å². The van der Waals surface area contributed by atoms with Crippen molar-refractivity contribution >= 4 is 11.8 Å². The maximum Gasteiger partial charge on any atom is 0.0303 e. The van der Waals surface area contributed by atoms with Crippen molar-refractivity contribution in [2.75, 3.05) is 18.1 Å². The zero-order chi connectivity index (χ0) is 6.86. The predicted molar refractivity (Wildman–Crippen MR) is 46.2 cm³/mol. The maximum atomic E-state index is 3.62. The predicted octanol–water partition coefficient (Wildman–Crippen LogP) is 1.45. The molecule has 57 valence electrons. The van der Waals surface area contributed by atoms with Crippen LogP contribution in [0.15, 0.2) is 0 Å². The smallest absolute Gasteiger partial charge is 0.0303 e. The van der Waals surface area contributed by atoms with Crippen LogP contribution in [0.2, 0.25) is 0 Å². The summed E-state index contributed by atoms with van der Waals surface area (Å²) in [4.78, 5) is 0. The van der Waals surface area contributed by atoms with E-state index >= 15 is 0 Å². The highest BCUT2D eigenvalue weighted by atomic mass is 32.2. The van der Waals surface area contributed by atoms with E-state index in [0.717, 1.165) is 0 Å². The largest absolute Gasteiger partial charge is 0.309 e. The molecular weight excluding hydrogens is 142 g/mol. The minimum absolute atomic E-state index is 0.461. The monoisotopic (exact) mass is 156 g/mol. The Morgan fingerprint density at radius 1 is 1.50 bits per heavy atom. The summed E-state index contributed by atoms with van der Waals surface area (Å²) >= 11 is 2.10. The van der Waals surface area contributed by atoms with Crippen LogP contribution in [0.25, 0.3) is 0 Å². The topological polar surface area (TPSA) is 12.0 Å². The Balaban J connectivity index is 1.98. The Morgan fingerprint density at radius 3 is 3.10 bits per heavy atom. The summed E-state index contributed by atoms with van der Waals surface area (Å²) in [5.74, 6) is 2.61. The van der Waals surface area contributed by atoms with E-state index in [-0.39, 0.29) is 0 Å². The number of nitrogens with one attached hydrogen (secondary N) is 1. The summed E-state index contributed by atoms with van der Waals surface area (Å²) in [5.41, 5.74) is 0.461. The lowest BCUT2D eigenvalue weighted by Gasteiger charge is -2.33. The van der Waals surface area contributed by atoms with Gasteiger partial charge in [0, 0.05) is 23.6 Å². The Hall–Kier alpha value is 0.310. The molecule has 2 heteroatoms. The fraction of sp³-hybridized carbons (Fsp3) is 0.875. The molecule has 1 atom stereocenters. The quantitative estimate of drug-likeness (QED) is 0.569. The molecule has 1 saturated carbocycles. The molecule has 1 aliphatic heterocycles. The lowest BCUT2D eigenvalue weighted by atomic mass is 10.0. The molecule has 0 aromatic rings. The molecule has 2 fully saturated rings. The van der Waals surface area contributed by atoms with Gasteiger partial charge < -0.3 is 5.32 Å². The zero-order valence-corrected chi connectivity index (χ0v) is 7.04. The van der Waals surface area contributed by atoms with Crippen LogP contribution in [0, 0.1) is 6.42 Å². The van der Waals surface area contributed by atoms with Crippen molar-refractivity contribution in [3.8, 4) is 0 Å². The van der Waals surface area contributed by atoms with Gasteiger partial charge in [-0.05, 0) is 19.3 Å². The third-order valence-electron chi connectivity index (χ3n) is 2.45. The van der Waals surface area contributed by atoms with Crippen LogP contribution in [0.3, 0.4) is 0 Å². The summed E-state index contributed by atoms with van der Waals surface area (Å²) in [6.07, 6.45) is 6.58. The van der Waals surface area contributed by atoms with Crippen LogP contribution in [0.4, 0.5) is 0 Å². The molecule has 2 rings (SSSR count). The molecule has 1 heterocycles. The molecule has 1 radical (unpaired) electrons. The van der Waals surface area contributed by atoms with E-state index in [9.17, 15) is 0 Å². The van der Waals surface area contributed by atoms with Gasteiger partial charge in [-0.3, -0.25) is 0 Å². The van der Waals surface area contributed by atoms with E-state index in [1.54, 1.807) is 0 Å². The summed E-state index contributed by atoms with van der Waals surface area (Å²) in [6.45, 7) is 1.21. The molecule has 1 spiro atoms. The second-order valence-corrected chi connectivity index (χ2v) is 4.34. The molecule has 0 amide bonds. The van der Waals surface area contributed by atoms with Crippen molar-refractivity contribution in [1.82, 2.24) is 5.32 Å². The lowest BCUT2D eigenvalue weighted by molar-refractivity contribution is 0.431. The second-order valence-electron chi connectivity index (χ2n) is 3.23. The third-order valence-corrected chi connectivity index (χ3v) is 3.66. The van der Waals surface area contributed by atoms with E-state index in [1.165, 1.54) is 37.3 Å². The number of rotatable bonds is 0. The summed E-state index contributed by atoms with van der Waals surface area (Å²) in [5, 5.41) is 3.62. The summed E-state index contributed by atoms with van der Waals surface area (Å²) in [7, 11) is 0. The van der Waals surface area contributed by atoms with Gasteiger partial charge in [0.25, 0.3) is 0 Å². The van der Waals surface area contributed by atoms with Gasteiger partial charge in [0.05, 0.1) is 0 Å². The van der Waals surface area contributed by atoms with Gasteiger partial charge in [0.15, 0.2) is 0 Å². The number of hydrogen-bond donors (Lipinski definition) is 1.